The summed E-state index contributed by atoms with van der Waals surface area (Å²) < 4.78 is 0. The zero-order chi connectivity index (χ0) is 15.5. The number of amides is 2. The minimum atomic E-state index is -0.954. The maximum atomic E-state index is 12.6. The molecule has 20 heavy (non-hydrogen) atoms. The predicted molar refractivity (Wildman–Crippen MR) is 80.9 cm³/mol. The van der Waals surface area contributed by atoms with Crippen molar-refractivity contribution in [1.29, 1.82) is 0 Å². The number of nitrogens with zero attached hydrogens (tertiary/aromatic N) is 2. The van der Waals surface area contributed by atoms with Gasteiger partial charge in [-0.25, -0.2) is 4.79 Å². The molecular weight excluding hydrogens is 256 g/mol. The Kier molecular flexibility index (Phi) is 9.86. The van der Waals surface area contributed by atoms with E-state index in [0.717, 1.165) is 32.1 Å². The molecule has 0 saturated carbocycles. The van der Waals surface area contributed by atoms with Gasteiger partial charge < -0.3 is 14.9 Å². The predicted octanol–water partition coefficient (Wildman–Crippen LogP) is 3.19. The molecule has 5 nitrogen and oxygen atoms in total. The normalized spacial score (nSPS) is 12.0. The van der Waals surface area contributed by atoms with E-state index in [1.54, 1.807) is 0 Å². The molecule has 1 atom stereocenters. The first-order valence-corrected chi connectivity index (χ1v) is 7.75. The molecule has 1 unspecified atom stereocenters. The maximum Gasteiger partial charge on any atom is 0.323 e. The summed E-state index contributed by atoms with van der Waals surface area (Å²) >= 11 is 0. The number of carboxylic acids is 1. The molecule has 0 bridgehead atoms. The van der Waals surface area contributed by atoms with Crippen molar-refractivity contribution in [1.82, 2.24) is 9.80 Å². The van der Waals surface area contributed by atoms with Crippen LogP contribution in [0.3, 0.4) is 0 Å². The Hall–Kier alpha value is -1.26. The summed E-state index contributed by atoms with van der Waals surface area (Å²) in [5, 5.41) is 9.00. The molecule has 118 valence electrons. The molecule has 0 fully saturated rings. The van der Waals surface area contributed by atoms with E-state index in [4.69, 9.17) is 5.11 Å². The summed E-state index contributed by atoms with van der Waals surface area (Å²) in [6.07, 6.45) is 4.72. The van der Waals surface area contributed by atoms with Crippen molar-refractivity contribution in [3.63, 3.8) is 0 Å². The molecular formula is C15H30N2O3. The number of rotatable bonds is 10. The molecule has 0 aliphatic carbocycles. The highest BCUT2D eigenvalue weighted by atomic mass is 16.4. The molecule has 0 rings (SSSR count). The minimum Gasteiger partial charge on any atom is -0.480 e. The summed E-state index contributed by atoms with van der Waals surface area (Å²) in [6.45, 7) is 9.25. The van der Waals surface area contributed by atoms with E-state index in [1.165, 1.54) is 4.90 Å². The monoisotopic (exact) mass is 286 g/mol. The van der Waals surface area contributed by atoms with Gasteiger partial charge in [0.25, 0.3) is 0 Å². The van der Waals surface area contributed by atoms with Gasteiger partial charge in [0, 0.05) is 19.1 Å². The summed E-state index contributed by atoms with van der Waals surface area (Å²) in [5.74, 6) is -0.954. The van der Waals surface area contributed by atoms with Crippen LogP contribution in [-0.2, 0) is 4.79 Å². The Morgan fingerprint density at radius 3 is 1.90 bits per heavy atom. The van der Waals surface area contributed by atoms with Crippen LogP contribution in [-0.4, -0.2) is 52.6 Å². The molecule has 5 heteroatoms. The topological polar surface area (TPSA) is 60.9 Å². The SMILES string of the molecule is CCCCN(CCCC)C(=O)N(CC(=O)O)C(C)CC. The number of hydrogen-bond acceptors (Lipinski definition) is 2. The van der Waals surface area contributed by atoms with Gasteiger partial charge in [0.15, 0.2) is 0 Å². The summed E-state index contributed by atoms with van der Waals surface area (Å²) in [7, 11) is 0. The van der Waals surface area contributed by atoms with Crippen molar-refractivity contribution in [2.75, 3.05) is 19.6 Å². The second-order valence-electron chi connectivity index (χ2n) is 5.26. The number of urea groups is 1. The Morgan fingerprint density at radius 2 is 1.55 bits per heavy atom. The van der Waals surface area contributed by atoms with Crippen LogP contribution in [0.25, 0.3) is 0 Å². The standard InChI is InChI=1S/C15H30N2O3/c1-5-8-10-16(11-9-6-2)15(20)17(12-14(18)19)13(4)7-3/h13H,5-12H2,1-4H3,(H,18,19). The van der Waals surface area contributed by atoms with E-state index < -0.39 is 5.97 Å². The van der Waals surface area contributed by atoms with E-state index in [2.05, 4.69) is 13.8 Å². The van der Waals surface area contributed by atoms with Gasteiger partial charge in [-0.05, 0) is 26.2 Å². The number of carboxylic acid groups (broad SMARTS) is 1. The highest BCUT2D eigenvalue weighted by Gasteiger charge is 2.25. The third kappa shape index (κ3) is 6.78. The highest BCUT2D eigenvalue weighted by molar-refractivity contribution is 5.80. The van der Waals surface area contributed by atoms with Crippen molar-refractivity contribution >= 4 is 12.0 Å². The first-order chi connectivity index (χ1) is 9.47. The molecule has 1 N–H and O–H groups in total. The van der Waals surface area contributed by atoms with E-state index in [9.17, 15) is 9.59 Å². The quantitative estimate of drug-likeness (QED) is 0.671. The van der Waals surface area contributed by atoms with Crippen LogP contribution in [0.5, 0.6) is 0 Å². The van der Waals surface area contributed by atoms with E-state index in [0.29, 0.717) is 13.1 Å². The zero-order valence-electron chi connectivity index (χ0n) is 13.4. The van der Waals surface area contributed by atoms with Crippen LogP contribution in [0.4, 0.5) is 4.79 Å². The molecule has 0 heterocycles. The van der Waals surface area contributed by atoms with Gasteiger partial charge in [-0.2, -0.15) is 0 Å². The number of unbranched alkanes of at least 4 members (excludes halogenated alkanes) is 2. The summed E-state index contributed by atoms with van der Waals surface area (Å²) in [4.78, 5) is 26.8. The van der Waals surface area contributed by atoms with Gasteiger partial charge >= 0.3 is 12.0 Å². The molecule has 0 saturated heterocycles. The van der Waals surface area contributed by atoms with Crippen molar-refractivity contribution in [2.45, 2.75) is 65.8 Å². The highest BCUT2D eigenvalue weighted by Crippen LogP contribution is 2.10. The Balaban J connectivity index is 4.86. The maximum absolute atomic E-state index is 12.6. The number of carbonyl (C=O) groups excluding carboxylic acids is 1. The number of carbonyl (C=O) groups is 2. The van der Waals surface area contributed by atoms with Gasteiger partial charge in [-0.3, -0.25) is 4.79 Å². The van der Waals surface area contributed by atoms with Crippen molar-refractivity contribution in [2.24, 2.45) is 0 Å². The smallest absolute Gasteiger partial charge is 0.323 e. The Labute approximate surface area is 122 Å². The van der Waals surface area contributed by atoms with Crippen LogP contribution in [0.15, 0.2) is 0 Å². The van der Waals surface area contributed by atoms with E-state index in [1.807, 2.05) is 18.7 Å². The molecule has 0 radical (unpaired) electrons. The molecule has 2 amide bonds. The molecule has 0 aliphatic rings. The van der Waals surface area contributed by atoms with Crippen molar-refractivity contribution < 1.29 is 14.7 Å². The fourth-order valence-corrected chi connectivity index (χ4v) is 1.96. The lowest BCUT2D eigenvalue weighted by atomic mass is 10.2. The molecule has 0 spiro atoms. The third-order valence-electron chi connectivity index (χ3n) is 3.51. The molecule has 0 aromatic carbocycles. The second kappa shape index (κ2) is 10.5. The largest absolute Gasteiger partial charge is 0.480 e. The Morgan fingerprint density at radius 1 is 1.05 bits per heavy atom. The van der Waals surface area contributed by atoms with Crippen LogP contribution < -0.4 is 0 Å². The number of aliphatic carboxylic acids is 1. The van der Waals surface area contributed by atoms with Gasteiger partial charge in [0.1, 0.15) is 6.54 Å². The van der Waals surface area contributed by atoms with Crippen molar-refractivity contribution in [3.8, 4) is 0 Å². The van der Waals surface area contributed by atoms with Crippen LogP contribution in [0.1, 0.15) is 59.8 Å². The lowest BCUT2D eigenvalue weighted by molar-refractivity contribution is -0.138. The lowest BCUT2D eigenvalue weighted by Crippen LogP contribution is -2.49. The van der Waals surface area contributed by atoms with Gasteiger partial charge in [0.2, 0.25) is 0 Å². The lowest BCUT2D eigenvalue weighted by Gasteiger charge is -2.33. The second-order valence-corrected chi connectivity index (χ2v) is 5.26. The summed E-state index contributed by atoms with van der Waals surface area (Å²) in [5.41, 5.74) is 0. The van der Waals surface area contributed by atoms with Gasteiger partial charge in [-0.1, -0.05) is 33.6 Å². The Bertz CT molecular complexity index is 287. The summed E-state index contributed by atoms with van der Waals surface area (Å²) in [6, 6.07) is -0.187. The van der Waals surface area contributed by atoms with E-state index >= 15 is 0 Å². The first kappa shape index (κ1) is 18.7. The minimum absolute atomic E-state index is 0.0515. The van der Waals surface area contributed by atoms with Gasteiger partial charge in [0.05, 0.1) is 0 Å². The van der Waals surface area contributed by atoms with Crippen LogP contribution in [0, 0.1) is 0 Å². The average Bonchev–Trinajstić information content (AvgIpc) is 2.43. The molecule has 0 aliphatic heterocycles. The van der Waals surface area contributed by atoms with E-state index in [-0.39, 0.29) is 18.6 Å². The number of hydrogen-bond donors (Lipinski definition) is 1. The molecule has 0 aromatic rings. The molecule has 0 aromatic heterocycles. The fraction of sp³-hybridized carbons (Fsp3) is 0.867. The third-order valence-corrected chi connectivity index (χ3v) is 3.51. The fourth-order valence-electron chi connectivity index (χ4n) is 1.96. The average molecular weight is 286 g/mol. The zero-order valence-corrected chi connectivity index (χ0v) is 13.4. The van der Waals surface area contributed by atoms with Crippen LogP contribution in [0.2, 0.25) is 0 Å². The van der Waals surface area contributed by atoms with Crippen molar-refractivity contribution in [3.05, 3.63) is 0 Å². The first-order valence-electron chi connectivity index (χ1n) is 7.75. The van der Waals surface area contributed by atoms with Gasteiger partial charge in [-0.15, -0.1) is 0 Å². The van der Waals surface area contributed by atoms with Crippen LogP contribution >= 0.6 is 0 Å².